The molecule has 1 aliphatic rings. The summed E-state index contributed by atoms with van der Waals surface area (Å²) in [5, 5.41) is 0. The molecule has 0 aromatic heterocycles. The molecule has 1 aromatic carbocycles. The number of morpholine rings is 1. The summed E-state index contributed by atoms with van der Waals surface area (Å²) in [6, 6.07) is 7.04. The molecular formula is C13H19NO3S. The van der Waals surface area contributed by atoms with Gasteiger partial charge in [-0.25, -0.2) is 8.42 Å². The third-order valence-corrected chi connectivity index (χ3v) is 4.87. The Morgan fingerprint density at radius 3 is 2.39 bits per heavy atom. The number of hydrogen-bond acceptors (Lipinski definition) is 4. The molecular weight excluding hydrogens is 250 g/mol. The van der Waals surface area contributed by atoms with Gasteiger partial charge >= 0.3 is 0 Å². The first-order chi connectivity index (χ1) is 8.58. The van der Waals surface area contributed by atoms with Crippen molar-refractivity contribution in [3.63, 3.8) is 0 Å². The summed E-state index contributed by atoms with van der Waals surface area (Å²) in [7, 11) is -3.16. The highest BCUT2D eigenvalue weighted by molar-refractivity contribution is 7.91. The third-order valence-electron chi connectivity index (χ3n) is 3.16. The van der Waals surface area contributed by atoms with E-state index in [0.29, 0.717) is 24.7 Å². The smallest absolute Gasteiger partial charge is 0.179 e. The van der Waals surface area contributed by atoms with E-state index in [1.54, 1.807) is 12.1 Å². The average molecular weight is 269 g/mol. The van der Waals surface area contributed by atoms with Gasteiger partial charge < -0.3 is 4.74 Å². The Labute approximate surface area is 108 Å². The molecule has 18 heavy (non-hydrogen) atoms. The predicted molar refractivity (Wildman–Crippen MR) is 70.5 cm³/mol. The largest absolute Gasteiger partial charge is 0.379 e. The molecule has 0 N–H and O–H groups in total. The molecule has 0 bridgehead atoms. The summed E-state index contributed by atoms with van der Waals surface area (Å²) in [6.45, 7) is 5.58. The molecule has 100 valence electrons. The zero-order valence-electron chi connectivity index (χ0n) is 10.6. The van der Waals surface area contributed by atoms with Crippen LogP contribution >= 0.6 is 0 Å². The molecule has 1 saturated heterocycles. The lowest BCUT2D eigenvalue weighted by Gasteiger charge is -2.26. The van der Waals surface area contributed by atoms with Crippen molar-refractivity contribution in [2.45, 2.75) is 11.8 Å². The molecule has 1 aliphatic heterocycles. The van der Waals surface area contributed by atoms with Gasteiger partial charge in [0.2, 0.25) is 0 Å². The standard InChI is InChI=1S/C13H19NO3S/c1-12-2-4-13(5-3-12)18(15,16)11-8-14-6-9-17-10-7-14/h2-5H,6-11H2,1H3. The van der Waals surface area contributed by atoms with Crippen molar-refractivity contribution in [3.8, 4) is 0 Å². The van der Waals surface area contributed by atoms with Gasteiger partial charge in [0.1, 0.15) is 0 Å². The Kier molecular flexibility index (Phi) is 4.37. The number of hydrogen-bond donors (Lipinski definition) is 0. The summed E-state index contributed by atoms with van der Waals surface area (Å²) in [5.74, 6) is 0.177. The van der Waals surface area contributed by atoms with Crippen LogP contribution in [-0.4, -0.2) is 51.9 Å². The topological polar surface area (TPSA) is 46.6 Å². The zero-order chi connectivity index (χ0) is 13.0. The second-order valence-electron chi connectivity index (χ2n) is 4.59. The van der Waals surface area contributed by atoms with Gasteiger partial charge in [0.25, 0.3) is 0 Å². The molecule has 0 aliphatic carbocycles. The van der Waals surface area contributed by atoms with E-state index in [0.717, 1.165) is 18.7 Å². The quantitative estimate of drug-likeness (QED) is 0.821. The van der Waals surface area contributed by atoms with E-state index in [4.69, 9.17) is 4.74 Å². The Bertz CT molecular complexity index is 475. The lowest BCUT2D eigenvalue weighted by molar-refractivity contribution is 0.0408. The van der Waals surface area contributed by atoms with Crippen LogP contribution < -0.4 is 0 Å². The second kappa shape index (κ2) is 5.82. The van der Waals surface area contributed by atoms with Gasteiger partial charge in [-0.3, -0.25) is 4.90 Å². The fourth-order valence-corrected chi connectivity index (χ4v) is 3.22. The predicted octanol–water partition coefficient (Wildman–Crippen LogP) is 1.10. The van der Waals surface area contributed by atoms with Gasteiger partial charge in [-0.15, -0.1) is 0 Å². The molecule has 0 atom stereocenters. The van der Waals surface area contributed by atoms with E-state index in [1.807, 2.05) is 19.1 Å². The molecule has 0 spiro atoms. The molecule has 5 heteroatoms. The maximum Gasteiger partial charge on any atom is 0.179 e. The summed E-state index contributed by atoms with van der Waals surface area (Å²) in [4.78, 5) is 2.55. The normalized spacial score (nSPS) is 17.8. The first kappa shape index (κ1) is 13.5. The van der Waals surface area contributed by atoms with Crippen LogP contribution in [0.25, 0.3) is 0 Å². The van der Waals surface area contributed by atoms with E-state index in [1.165, 1.54) is 0 Å². The molecule has 1 fully saturated rings. The Morgan fingerprint density at radius 2 is 1.78 bits per heavy atom. The number of ether oxygens (including phenoxy) is 1. The van der Waals surface area contributed by atoms with Crippen molar-refractivity contribution in [1.29, 1.82) is 0 Å². The SMILES string of the molecule is Cc1ccc(S(=O)(=O)CCN2CCOCC2)cc1. The Hall–Kier alpha value is -0.910. The van der Waals surface area contributed by atoms with Gasteiger partial charge in [0.05, 0.1) is 23.9 Å². The molecule has 0 saturated carbocycles. The van der Waals surface area contributed by atoms with Crippen LogP contribution in [0.15, 0.2) is 29.2 Å². The van der Waals surface area contributed by atoms with E-state index >= 15 is 0 Å². The Morgan fingerprint density at radius 1 is 1.17 bits per heavy atom. The highest BCUT2D eigenvalue weighted by Gasteiger charge is 2.17. The van der Waals surface area contributed by atoms with Crippen molar-refractivity contribution >= 4 is 9.84 Å². The zero-order valence-corrected chi connectivity index (χ0v) is 11.4. The lowest BCUT2D eigenvalue weighted by Crippen LogP contribution is -2.39. The number of benzene rings is 1. The van der Waals surface area contributed by atoms with Gasteiger partial charge in [0, 0.05) is 19.6 Å². The van der Waals surface area contributed by atoms with Crippen LogP contribution in [0, 0.1) is 6.92 Å². The van der Waals surface area contributed by atoms with Gasteiger partial charge in [0.15, 0.2) is 9.84 Å². The minimum absolute atomic E-state index is 0.177. The Balaban J connectivity index is 1.96. The minimum atomic E-state index is -3.16. The van der Waals surface area contributed by atoms with Gasteiger partial charge in [-0.2, -0.15) is 0 Å². The fourth-order valence-electron chi connectivity index (χ4n) is 1.94. The second-order valence-corrected chi connectivity index (χ2v) is 6.70. The molecule has 4 nitrogen and oxygen atoms in total. The molecule has 1 aromatic rings. The van der Waals surface area contributed by atoms with Crippen molar-refractivity contribution in [2.75, 3.05) is 38.6 Å². The van der Waals surface area contributed by atoms with E-state index in [9.17, 15) is 8.42 Å². The summed E-state index contributed by atoms with van der Waals surface area (Å²) in [6.07, 6.45) is 0. The first-order valence-electron chi connectivity index (χ1n) is 6.17. The molecule has 2 rings (SSSR count). The first-order valence-corrected chi connectivity index (χ1v) is 7.83. The maximum absolute atomic E-state index is 12.1. The van der Waals surface area contributed by atoms with Crippen LogP contribution in [0.1, 0.15) is 5.56 Å². The number of sulfone groups is 1. The van der Waals surface area contributed by atoms with Crippen molar-refractivity contribution < 1.29 is 13.2 Å². The van der Waals surface area contributed by atoms with Crippen LogP contribution in [0.3, 0.4) is 0 Å². The summed E-state index contributed by atoms with van der Waals surface area (Å²) >= 11 is 0. The lowest BCUT2D eigenvalue weighted by atomic mass is 10.2. The van der Waals surface area contributed by atoms with E-state index < -0.39 is 9.84 Å². The fraction of sp³-hybridized carbons (Fsp3) is 0.538. The highest BCUT2D eigenvalue weighted by atomic mass is 32.2. The van der Waals surface area contributed by atoms with Crippen LogP contribution in [-0.2, 0) is 14.6 Å². The molecule has 1 heterocycles. The average Bonchev–Trinajstić information content (AvgIpc) is 2.38. The number of rotatable bonds is 4. The van der Waals surface area contributed by atoms with Gasteiger partial charge in [-0.05, 0) is 19.1 Å². The molecule has 0 radical (unpaired) electrons. The number of nitrogens with zero attached hydrogens (tertiary/aromatic N) is 1. The minimum Gasteiger partial charge on any atom is -0.379 e. The number of aryl methyl sites for hydroxylation is 1. The van der Waals surface area contributed by atoms with Crippen molar-refractivity contribution in [3.05, 3.63) is 29.8 Å². The third kappa shape index (κ3) is 3.54. The summed E-state index contributed by atoms with van der Waals surface area (Å²) in [5.41, 5.74) is 1.07. The van der Waals surface area contributed by atoms with Crippen molar-refractivity contribution in [2.24, 2.45) is 0 Å². The van der Waals surface area contributed by atoms with Crippen LogP contribution in [0.5, 0.6) is 0 Å². The highest BCUT2D eigenvalue weighted by Crippen LogP contribution is 2.12. The summed E-state index contributed by atoms with van der Waals surface area (Å²) < 4.78 is 29.5. The van der Waals surface area contributed by atoms with Crippen molar-refractivity contribution in [1.82, 2.24) is 4.90 Å². The molecule has 0 amide bonds. The van der Waals surface area contributed by atoms with Crippen LogP contribution in [0.2, 0.25) is 0 Å². The van der Waals surface area contributed by atoms with Crippen LogP contribution in [0.4, 0.5) is 0 Å². The maximum atomic E-state index is 12.1. The monoisotopic (exact) mass is 269 g/mol. The molecule has 0 unspecified atom stereocenters. The van der Waals surface area contributed by atoms with Gasteiger partial charge in [-0.1, -0.05) is 17.7 Å². The van der Waals surface area contributed by atoms with E-state index in [2.05, 4.69) is 4.90 Å². The van der Waals surface area contributed by atoms with E-state index in [-0.39, 0.29) is 5.75 Å².